The van der Waals surface area contributed by atoms with Gasteiger partial charge in [0, 0.05) is 18.1 Å². The number of esters is 1. The Hall–Kier alpha value is 0.130. The van der Waals surface area contributed by atoms with E-state index in [1.807, 2.05) is 23.5 Å². The summed E-state index contributed by atoms with van der Waals surface area (Å²) < 4.78 is 10.9. The van der Waals surface area contributed by atoms with Gasteiger partial charge in [0.1, 0.15) is 0 Å². The molecule has 2 aliphatic heterocycles. The maximum atomic E-state index is 11.9. The predicted octanol–water partition coefficient (Wildman–Crippen LogP) is 2.54. The minimum absolute atomic E-state index is 0.0196. The van der Waals surface area contributed by atoms with E-state index >= 15 is 0 Å². The molecule has 0 radical (unpaired) electrons. The van der Waals surface area contributed by atoms with Crippen LogP contribution in [0, 0.1) is 5.92 Å². The fourth-order valence-electron chi connectivity index (χ4n) is 2.65. The summed E-state index contributed by atoms with van der Waals surface area (Å²) in [5.41, 5.74) is 0. The van der Waals surface area contributed by atoms with Gasteiger partial charge in [-0.3, -0.25) is 4.79 Å². The Morgan fingerprint density at radius 2 is 2.18 bits per heavy atom. The summed E-state index contributed by atoms with van der Waals surface area (Å²) in [4.78, 5) is 11.9. The van der Waals surface area contributed by atoms with Crippen LogP contribution in [0.1, 0.15) is 26.2 Å². The molecule has 0 aromatic heterocycles. The van der Waals surface area contributed by atoms with Gasteiger partial charge in [-0.05, 0) is 19.3 Å². The fourth-order valence-corrected chi connectivity index (χ4v) is 6.04. The summed E-state index contributed by atoms with van der Waals surface area (Å²) >= 11 is 3.92. The van der Waals surface area contributed by atoms with Crippen molar-refractivity contribution < 1.29 is 14.3 Å². The maximum absolute atomic E-state index is 11.9. The van der Waals surface area contributed by atoms with Crippen LogP contribution in [-0.4, -0.2) is 41.4 Å². The first kappa shape index (κ1) is 13.6. The molecule has 2 aliphatic rings. The summed E-state index contributed by atoms with van der Waals surface area (Å²) in [5.74, 6) is 2.14. The van der Waals surface area contributed by atoms with Crippen molar-refractivity contribution in [2.75, 3.05) is 25.2 Å². The Kier molecular flexibility index (Phi) is 4.66. The lowest BCUT2D eigenvalue weighted by molar-refractivity contribution is -0.155. The second-order valence-corrected chi connectivity index (χ2v) is 7.53. The first-order chi connectivity index (χ1) is 8.23. The van der Waals surface area contributed by atoms with E-state index in [-0.39, 0.29) is 22.1 Å². The molecule has 0 aliphatic carbocycles. The molecule has 2 fully saturated rings. The second-order valence-electron chi connectivity index (χ2n) is 4.43. The highest BCUT2D eigenvalue weighted by atomic mass is 32.2. The van der Waals surface area contributed by atoms with E-state index in [4.69, 9.17) is 9.47 Å². The van der Waals surface area contributed by atoms with Gasteiger partial charge < -0.3 is 9.47 Å². The third-order valence-electron chi connectivity index (χ3n) is 3.53. The van der Waals surface area contributed by atoms with Crippen LogP contribution >= 0.6 is 23.5 Å². The van der Waals surface area contributed by atoms with E-state index in [2.05, 4.69) is 6.92 Å². The van der Waals surface area contributed by atoms with E-state index in [1.165, 1.54) is 7.11 Å². The molecule has 2 heterocycles. The minimum Gasteiger partial charge on any atom is -0.469 e. The van der Waals surface area contributed by atoms with E-state index in [9.17, 15) is 4.79 Å². The Morgan fingerprint density at radius 3 is 2.76 bits per heavy atom. The lowest BCUT2D eigenvalue weighted by Crippen LogP contribution is -2.47. The van der Waals surface area contributed by atoms with Crippen LogP contribution < -0.4 is 0 Å². The lowest BCUT2D eigenvalue weighted by atomic mass is 9.91. The van der Waals surface area contributed by atoms with Crippen LogP contribution in [0.15, 0.2) is 0 Å². The van der Waals surface area contributed by atoms with Crippen molar-refractivity contribution >= 4 is 29.5 Å². The van der Waals surface area contributed by atoms with Crippen LogP contribution in [0.5, 0.6) is 0 Å². The number of carbonyl (C=O) groups is 1. The Balaban J connectivity index is 2.17. The van der Waals surface area contributed by atoms with Crippen molar-refractivity contribution in [3.8, 4) is 0 Å². The average molecular weight is 276 g/mol. The number of rotatable bonds is 3. The largest absolute Gasteiger partial charge is 0.469 e. The summed E-state index contributed by atoms with van der Waals surface area (Å²) in [5, 5.41) is 0. The molecule has 2 rings (SSSR count). The van der Waals surface area contributed by atoms with E-state index < -0.39 is 0 Å². The quantitative estimate of drug-likeness (QED) is 0.740. The van der Waals surface area contributed by atoms with Crippen LogP contribution in [0.3, 0.4) is 0 Å². The molecule has 98 valence electrons. The Labute approximate surface area is 111 Å². The Morgan fingerprint density at radius 1 is 1.47 bits per heavy atom. The Bertz CT molecular complexity index is 277. The first-order valence-electron chi connectivity index (χ1n) is 6.21. The zero-order valence-electron chi connectivity index (χ0n) is 10.4. The normalized spacial score (nSPS) is 32.4. The zero-order valence-corrected chi connectivity index (χ0v) is 12.1. The summed E-state index contributed by atoms with van der Waals surface area (Å²) in [6, 6.07) is 0. The summed E-state index contributed by atoms with van der Waals surface area (Å²) in [6.07, 6.45) is 2.93. The van der Waals surface area contributed by atoms with E-state index in [0.717, 1.165) is 37.4 Å². The summed E-state index contributed by atoms with van der Waals surface area (Å²) in [6.45, 7) is 2.97. The minimum atomic E-state index is -0.101. The molecule has 0 aromatic rings. The molecule has 17 heavy (non-hydrogen) atoms. The van der Waals surface area contributed by atoms with Gasteiger partial charge in [-0.15, -0.1) is 23.5 Å². The molecule has 0 saturated carbocycles. The van der Waals surface area contributed by atoms with Gasteiger partial charge in [0.2, 0.25) is 0 Å². The molecule has 0 bridgehead atoms. The number of carbonyl (C=O) groups excluding carboxylic acids is 1. The fraction of sp³-hybridized carbons (Fsp3) is 0.917. The highest BCUT2D eigenvalue weighted by molar-refractivity contribution is 8.21. The first-order valence-corrected chi connectivity index (χ1v) is 8.18. The second kappa shape index (κ2) is 5.85. The molecule has 0 aromatic carbocycles. The number of ether oxygens (including phenoxy) is 2. The number of hydrogen-bond acceptors (Lipinski definition) is 5. The number of hydrogen-bond donors (Lipinski definition) is 0. The van der Waals surface area contributed by atoms with E-state index in [0.29, 0.717) is 0 Å². The molecule has 5 heteroatoms. The smallest absolute Gasteiger partial charge is 0.311 e. The molecule has 0 spiro atoms. The van der Waals surface area contributed by atoms with Gasteiger partial charge >= 0.3 is 5.97 Å². The summed E-state index contributed by atoms with van der Waals surface area (Å²) in [7, 11) is 1.47. The van der Waals surface area contributed by atoms with Gasteiger partial charge in [-0.25, -0.2) is 0 Å². The molecule has 2 atom stereocenters. The van der Waals surface area contributed by atoms with Crippen LogP contribution in [-0.2, 0) is 14.3 Å². The molecule has 3 nitrogen and oxygen atoms in total. The number of methoxy groups -OCH3 is 1. The van der Waals surface area contributed by atoms with Crippen molar-refractivity contribution in [3.05, 3.63) is 0 Å². The standard InChI is InChI=1S/C12H20O3S2/c1-3-12(16-7-8-17-12)10-9(11(13)14-2)5-4-6-15-10/h9-10H,3-8H2,1-2H3/t9-,10+/m0/s1. The maximum Gasteiger partial charge on any atom is 0.311 e. The average Bonchev–Trinajstić information content (AvgIpc) is 2.88. The zero-order chi connectivity index (χ0) is 12.3. The van der Waals surface area contributed by atoms with Gasteiger partial charge in [0.25, 0.3) is 0 Å². The highest BCUT2D eigenvalue weighted by Crippen LogP contribution is 2.52. The third-order valence-corrected chi connectivity index (χ3v) is 7.33. The van der Waals surface area contributed by atoms with Crippen molar-refractivity contribution in [3.63, 3.8) is 0 Å². The molecule has 0 N–H and O–H groups in total. The van der Waals surface area contributed by atoms with Crippen LogP contribution in [0.25, 0.3) is 0 Å². The molecular formula is C12H20O3S2. The molecule has 0 unspecified atom stereocenters. The SMILES string of the molecule is CCC1([C@@H]2OCCC[C@@H]2C(=O)OC)SCCS1. The topological polar surface area (TPSA) is 35.5 Å². The van der Waals surface area contributed by atoms with Crippen molar-refractivity contribution in [2.45, 2.75) is 36.4 Å². The molecule has 2 saturated heterocycles. The van der Waals surface area contributed by atoms with Gasteiger partial charge in [0.15, 0.2) is 0 Å². The van der Waals surface area contributed by atoms with Crippen molar-refractivity contribution in [2.24, 2.45) is 5.92 Å². The van der Waals surface area contributed by atoms with Gasteiger partial charge in [-0.2, -0.15) is 0 Å². The molecule has 0 amide bonds. The highest BCUT2D eigenvalue weighted by Gasteiger charge is 2.49. The predicted molar refractivity (Wildman–Crippen MR) is 72.4 cm³/mol. The van der Waals surface area contributed by atoms with Crippen LogP contribution in [0.2, 0.25) is 0 Å². The molecular weight excluding hydrogens is 256 g/mol. The van der Waals surface area contributed by atoms with Gasteiger partial charge in [0.05, 0.1) is 23.2 Å². The van der Waals surface area contributed by atoms with E-state index in [1.54, 1.807) is 0 Å². The number of thioether (sulfide) groups is 2. The third kappa shape index (κ3) is 2.61. The van der Waals surface area contributed by atoms with Gasteiger partial charge in [-0.1, -0.05) is 6.92 Å². The van der Waals surface area contributed by atoms with Crippen molar-refractivity contribution in [1.82, 2.24) is 0 Å². The lowest BCUT2D eigenvalue weighted by Gasteiger charge is -2.41. The van der Waals surface area contributed by atoms with Crippen molar-refractivity contribution in [1.29, 1.82) is 0 Å². The monoisotopic (exact) mass is 276 g/mol. The van der Waals surface area contributed by atoms with Crippen LogP contribution in [0.4, 0.5) is 0 Å².